The number of hydrogen-bond donors (Lipinski definition) is 1. The van der Waals surface area contributed by atoms with Crippen LogP contribution >= 0.6 is 27.7 Å². The molecule has 17 heavy (non-hydrogen) atoms. The van der Waals surface area contributed by atoms with Crippen LogP contribution in [0.15, 0.2) is 22.7 Å². The lowest BCUT2D eigenvalue weighted by atomic mass is 10.1. The van der Waals surface area contributed by atoms with Crippen molar-refractivity contribution in [1.29, 1.82) is 0 Å². The van der Waals surface area contributed by atoms with Gasteiger partial charge in [-0.3, -0.25) is 0 Å². The second-order valence-corrected chi connectivity index (χ2v) is 7.08. The van der Waals surface area contributed by atoms with Crippen molar-refractivity contribution in [2.24, 2.45) is 0 Å². The van der Waals surface area contributed by atoms with E-state index >= 15 is 0 Å². The van der Waals surface area contributed by atoms with E-state index in [4.69, 9.17) is 0 Å². The van der Waals surface area contributed by atoms with Crippen molar-refractivity contribution in [3.63, 3.8) is 0 Å². The predicted octanol–water partition coefficient (Wildman–Crippen LogP) is 3.92. The summed E-state index contributed by atoms with van der Waals surface area (Å²) in [5, 5.41) is 3.86. The maximum atomic E-state index is 3.86. The summed E-state index contributed by atoms with van der Waals surface area (Å²) >= 11 is 5.66. The van der Waals surface area contributed by atoms with Crippen LogP contribution < -0.4 is 5.32 Å². The van der Waals surface area contributed by atoms with Crippen molar-refractivity contribution in [1.82, 2.24) is 5.32 Å². The number of rotatable bonds is 2. The highest BCUT2D eigenvalue weighted by molar-refractivity contribution is 9.10. The molecule has 0 aromatic heterocycles. The summed E-state index contributed by atoms with van der Waals surface area (Å²) in [5.74, 6) is 2.65. The van der Waals surface area contributed by atoms with Crippen molar-refractivity contribution in [3.8, 4) is 0 Å². The largest absolute Gasteiger partial charge is 0.306 e. The van der Waals surface area contributed by atoms with E-state index in [-0.39, 0.29) is 0 Å². The molecule has 1 heterocycles. The van der Waals surface area contributed by atoms with Crippen LogP contribution in [0.3, 0.4) is 0 Å². The van der Waals surface area contributed by atoms with Crippen molar-refractivity contribution in [3.05, 3.63) is 33.8 Å². The maximum Gasteiger partial charge on any atom is 0.0328 e. The smallest absolute Gasteiger partial charge is 0.0328 e. The van der Waals surface area contributed by atoms with E-state index in [9.17, 15) is 0 Å². The van der Waals surface area contributed by atoms with Crippen LogP contribution in [0.1, 0.15) is 36.4 Å². The lowest BCUT2D eigenvalue weighted by Gasteiger charge is -2.26. The van der Waals surface area contributed by atoms with Gasteiger partial charge in [-0.2, -0.15) is 11.8 Å². The molecule has 3 heteroatoms. The van der Waals surface area contributed by atoms with Crippen molar-refractivity contribution >= 4 is 27.7 Å². The monoisotopic (exact) mass is 311 g/mol. The zero-order valence-electron chi connectivity index (χ0n) is 9.92. The Morgan fingerprint density at radius 1 is 1.29 bits per heavy atom. The third-order valence-electron chi connectivity index (χ3n) is 3.78. The van der Waals surface area contributed by atoms with Gasteiger partial charge in [0, 0.05) is 22.3 Å². The summed E-state index contributed by atoms with van der Waals surface area (Å²) < 4.78 is 1.21. The Morgan fingerprint density at radius 2 is 2.24 bits per heavy atom. The molecule has 3 rings (SSSR count). The minimum atomic E-state index is 0.599. The van der Waals surface area contributed by atoms with Gasteiger partial charge in [0.2, 0.25) is 0 Å². The molecule has 2 unspecified atom stereocenters. The Morgan fingerprint density at radius 3 is 3.06 bits per heavy atom. The van der Waals surface area contributed by atoms with E-state index in [0.29, 0.717) is 6.04 Å². The van der Waals surface area contributed by atoms with Crippen LogP contribution in [0, 0.1) is 0 Å². The number of benzene rings is 1. The summed E-state index contributed by atoms with van der Waals surface area (Å²) in [5.41, 5.74) is 3.06. The third kappa shape index (κ3) is 2.72. The number of aryl methyl sites for hydroxylation is 1. The van der Waals surface area contributed by atoms with Crippen molar-refractivity contribution in [2.75, 3.05) is 11.5 Å². The summed E-state index contributed by atoms with van der Waals surface area (Å²) in [6.45, 7) is 0. The lowest BCUT2D eigenvalue weighted by molar-refractivity contribution is 0.431. The van der Waals surface area contributed by atoms with Crippen LogP contribution in [0.25, 0.3) is 0 Å². The van der Waals surface area contributed by atoms with Crippen LogP contribution in [0.5, 0.6) is 0 Å². The minimum Gasteiger partial charge on any atom is -0.306 e. The molecule has 1 saturated heterocycles. The molecule has 0 spiro atoms. The lowest BCUT2D eigenvalue weighted by Crippen LogP contribution is -2.35. The molecule has 2 atom stereocenters. The molecule has 0 saturated carbocycles. The molecule has 2 aliphatic rings. The van der Waals surface area contributed by atoms with E-state index in [1.165, 1.54) is 52.8 Å². The minimum absolute atomic E-state index is 0.599. The molecule has 0 bridgehead atoms. The molecule has 0 amide bonds. The van der Waals surface area contributed by atoms with Gasteiger partial charge in [-0.15, -0.1) is 0 Å². The average molecular weight is 312 g/mol. The van der Waals surface area contributed by atoms with Gasteiger partial charge in [-0.05, 0) is 54.7 Å². The van der Waals surface area contributed by atoms with Gasteiger partial charge >= 0.3 is 0 Å². The van der Waals surface area contributed by atoms with Gasteiger partial charge in [0.25, 0.3) is 0 Å². The van der Waals surface area contributed by atoms with Crippen LogP contribution in [0.4, 0.5) is 0 Å². The molecule has 1 aromatic carbocycles. The Bertz CT molecular complexity index is 401. The molecule has 1 aromatic rings. The molecular formula is C14H18BrNS. The van der Waals surface area contributed by atoms with Gasteiger partial charge in [-0.25, -0.2) is 0 Å². The number of halogens is 1. The van der Waals surface area contributed by atoms with Crippen LogP contribution in [-0.2, 0) is 6.42 Å². The molecule has 1 nitrogen and oxygen atoms in total. The second-order valence-electron chi connectivity index (χ2n) is 5.02. The summed E-state index contributed by atoms with van der Waals surface area (Å²) in [4.78, 5) is 0. The number of hydrogen-bond acceptors (Lipinski definition) is 2. The van der Waals surface area contributed by atoms with E-state index in [1.54, 1.807) is 0 Å². The average Bonchev–Trinajstić information content (AvgIpc) is 2.73. The fourth-order valence-electron chi connectivity index (χ4n) is 2.92. The maximum absolute atomic E-state index is 3.86. The van der Waals surface area contributed by atoms with Gasteiger partial charge in [0.05, 0.1) is 0 Å². The Kier molecular flexibility index (Phi) is 3.78. The second kappa shape index (κ2) is 5.33. The van der Waals surface area contributed by atoms with E-state index in [1.807, 2.05) is 0 Å². The third-order valence-corrected chi connectivity index (χ3v) is 5.49. The normalized spacial score (nSPS) is 28.1. The standard InChI is InChI=1S/C14H18BrNS/c15-11-4-5-13-10(8-11)3-6-14(13)16-12-2-1-7-17-9-12/h4-5,8,12,14,16H,1-3,6-7,9H2. The molecule has 92 valence electrons. The quantitative estimate of drug-likeness (QED) is 0.888. The van der Waals surface area contributed by atoms with E-state index < -0.39 is 0 Å². The molecule has 1 aliphatic heterocycles. The summed E-state index contributed by atoms with van der Waals surface area (Å²) in [6, 6.07) is 8.08. The Balaban J connectivity index is 1.70. The summed E-state index contributed by atoms with van der Waals surface area (Å²) in [7, 11) is 0. The zero-order valence-corrected chi connectivity index (χ0v) is 12.3. The van der Waals surface area contributed by atoms with E-state index in [2.05, 4.69) is 51.2 Å². The molecule has 1 fully saturated rings. The van der Waals surface area contributed by atoms with Gasteiger partial charge in [0.1, 0.15) is 0 Å². The summed E-state index contributed by atoms with van der Waals surface area (Å²) in [6.07, 6.45) is 5.23. The number of thioether (sulfide) groups is 1. The van der Waals surface area contributed by atoms with Crippen molar-refractivity contribution in [2.45, 2.75) is 37.8 Å². The predicted molar refractivity (Wildman–Crippen MR) is 78.7 cm³/mol. The first kappa shape index (κ1) is 12.1. The fraction of sp³-hybridized carbons (Fsp3) is 0.571. The molecule has 1 N–H and O–H groups in total. The first-order chi connectivity index (χ1) is 8.33. The first-order valence-corrected chi connectivity index (χ1v) is 8.40. The van der Waals surface area contributed by atoms with Gasteiger partial charge < -0.3 is 5.32 Å². The fourth-order valence-corrected chi connectivity index (χ4v) is 4.41. The van der Waals surface area contributed by atoms with Crippen LogP contribution in [-0.4, -0.2) is 17.5 Å². The highest BCUT2D eigenvalue weighted by Gasteiger charge is 2.25. The molecule has 1 aliphatic carbocycles. The van der Waals surface area contributed by atoms with Crippen LogP contribution in [0.2, 0.25) is 0 Å². The highest BCUT2D eigenvalue weighted by atomic mass is 79.9. The Hall–Kier alpha value is 0.01000. The zero-order chi connectivity index (χ0) is 11.7. The molecule has 0 radical (unpaired) electrons. The Labute approximate surface area is 116 Å². The number of nitrogens with one attached hydrogen (secondary N) is 1. The van der Waals surface area contributed by atoms with E-state index in [0.717, 1.165) is 6.04 Å². The van der Waals surface area contributed by atoms with Gasteiger partial charge in [0.15, 0.2) is 0 Å². The van der Waals surface area contributed by atoms with Gasteiger partial charge in [-0.1, -0.05) is 22.0 Å². The van der Waals surface area contributed by atoms with Crippen molar-refractivity contribution < 1.29 is 0 Å². The highest BCUT2D eigenvalue weighted by Crippen LogP contribution is 2.34. The SMILES string of the molecule is Brc1ccc2c(c1)CCC2NC1CCCSC1. The topological polar surface area (TPSA) is 12.0 Å². The molecular weight excluding hydrogens is 294 g/mol. The number of fused-ring (bicyclic) bond motifs is 1. The first-order valence-electron chi connectivity index (χ1n) is 6.45.